The molecule has 59 valence electrons. The summed E-state index contributed by atoms with van der Waals surface area (Å²) >= 11 is 0. The van der Waals surface area contributed by atoms with Gasteiger partial charge in [0.1, 0.15) is 0 Å². The van der Waals surface area contributed by atoms with E-state index in [2.05, 4.69) is 38.0 Å². The first-order valence-corrected chi connectivity index (χ1v) is 2.92. The molecular formula is C6H16CoN2. The minimum Gasteiger partial charge on any atom is -0.308 e. The van der Waals surface area contributed by atoms with Crippen LogP contribution < -0.4 is 0 Å². The van der Waals surface area contributed by atoms with Gasteiger partial charge in [0.15, 0.2) is 0 Å². The molecule has 0 saturated carbocycles. The standard InChI is InChI=1S/C6H16N2.Co/c1-7(2)5-6-8(3)4;/h5-6H2,1-4H3;. The quantitative estimate of drug-likeness (QED) is 0.600. The molecule has 0 N–H and O–H groups in total. The predicted molar refractivity (Wildman–Crippen MR) is 37.1 cm³/mol. The molecule has 0 aliphatic heterocycles. The summed E-state index contributed by atoms with van der Waals surface area (Å²) in [6.45, 7) is 2.29. The zero-order chi connectivity index (χ0) is 6.57. The third-order valence-electron chi connectivity index (χ3n) is 0.994. The van der Waals surface area contributed by atoms with Gasteiger partial charge in [-0.3, -0.25) is 0 Å². The fourth-order valence-electron chi connectivity index (χ4n) is 0.400. The summed E-state index contributed by atoms with van der Waals surface area (Å²) in [6.07, 6.45) is 0. The Morgan fingerprint density at radius 1 is 0.778 bits per heavy atom. The van der Waals surface area contributed by atoms with Crippen LogP contribution in [0.5, 0.6) is 0 Å². The number of hydrogen-bond donors (Lipinski definition) is 0. The van der Waals surface area contributed by atoms with Gasteiger partial charge in [-0.15, -0.1) is 0 Å². The van der Waals surface area contributed by atoms with E-state index in [9.17, 15) is 0 Å². The van der Waals surface area contributed by atoms with Crippen LogP contribution in [0.15, 0.2) is 0 Å². The average molecular weight is 175 g/mol. The molecule has 2 nitrogen and oxygen atoms in total. The second-order valence-electron chi connectivity index (χ2n) is 2.61. The second kappa shape index (κ2) is 6.55. The monoisotopic (exact) mass is 175 g/mol. The molecule has 0 aromatic carbocycles. The Hall–Kier alpha value is 0.426. The molecule has 0 aromatic heterocycles. The summed E-state index contributed by atoms with van der Waals surface area (Å²) in [5.74, 6) is 0. The van der Waals surface area contributed by atoms with E-state index in [0.717, 1.165) is 13.1 Å². The number of nitrogens with zero attached hydrogens (tertiary/aromatic N) is 2. The van der Waals surface area contributed by atoms with Gasteiger partial charge >= 0.3 is 0 Å². The number of likely N-dealkylation sites (N-methyl/N-ethyl adjacent to an activating group) is 2. The average Bonchev–Trinajstić information content (AvgIpc) is 1.61. The predicted octanol–water partition coefficient (Wildman–Crippen LogP) is 0.107. The van der Waals surface area contributed by atoms with Crippen molar-refractivity contribution in [3.63, 3.8) is 0 Å². The van der Waals surface area contributed by atoms with Gasteiger partial charge in [0.2, 0.25) is 0 Å². The van der Waals surface area contributed by atoms with Crippen LogP contribution >= 0.6 is 0 Å². The zero-order valence-electron chi connectivity index (χ0n) is 6.64. The first kappa shape index (κ1) is 12.1. The molecule has 0 aliphatic carbocycles. The molecule has 0 rings (SSSR count). The van der Waals surface area contributed by atoms with Gasteiger partial charge in [0, 0.05) is 29.9 Å². The molecule has 0 saturated heterocycles. The molecule has 1 radical (unpaired) electrons. The van der Waals surface area contributed by atoms with Crippen LogP contribution in [0.25, 0.3) is 0 Å². The topological polar surface area (TPSA) is 6.48 Å². The van der Waals surface area contributed by atoms with E-state index in [1.54, 1.807) is 0 Å². The smallest absolute Gasteiger partial charge is 0.0103 e. The molecule has 0 atom stereocenters. The zero-order valence-corrected chi connectivity index (χ0v) is 7.68. The Labute approximate surface area is 68.4 Å². The second-order valence-corrected chi connectivity index (χ2v) is 2.61. The van der Waals surface area contributed by atoms with Gasteiger partial charge in [-0.1, -0.05) is 0 Å². The molecule has 9 heavy (non-hydrogen) atoms. The molecule has 0 fully saturated rings. The van der Waals surface area contributed by atoms with Crippen molar-refractivity contribution in [2.24, 2.45) is 0 Å². The van der Waals surface area contributed by atoms with E-state index < -0.39 is 0 Å². The summed E-state index contributed by atoms with van der Waals surface area (Å²) in [5.41, 5.74) is 0. The van der Waals surface area contributed by atoms with Crippen LogP contribution in [0, 0.1) is 0 Å². The number of rotatable bonds is 3. The Bertz CT molecular complexity index is 47.0. The minimum absolute atomic E-state index is 0. The molecule has 0 unspecified atom stereocenters. The molecule has 0 heterocycles. The van der Waals surface area contributed by atoms with Crippen molar-refractivity contribution in [1.82, 2.24) is 9.80 Å². The Morgan fingerprint density at radius 3 is 1.11 bits per heavy atom. The van der Waals surface area contributed by atoms with Crippen molar-refractivity contribution in [2.45, 2.75) is 0 Å². The van der Waals surface area contributed by atoms with Crippen molar-refractivity contribution >= 4 is 0 Å². The van der Waals surface area contributed by atoms with Crippen LogP contribution in [-0.2, 0) is 16.8 Å². The maximum absolute atomic E-state index is 2.18. The summed E-state index contributed by atoms with van der Waals surface area (Å²) in [5, 5.41) is 0. The normalized spacial score (nSPS) is 10.0. The summed E-state index contributed by atoms with van der Waals surface area (Å²) in [4.78, 5) is 4.36. The molecule has 0 aromatic rings. The Morgan fingerprint density at radius 2 is 1.00 bits per heavy atom. The summed E-state index contributed by atoms with van der Waals surface area (Å²) in [7, 11) is 8.35. The van der Waals surface area contributed by atoms with Crippen molar-refractivity contribution in [2.75, 3.05) is 41.3 Å². The van der Waals surface area contributed by atoms with E-state index in [-0.39, 0.29) is 16.8 Å². The van der Waals surface area contributed by atoms with E-state index in [1.165, 1.54) is 0 Å². The summed E-state index contributed by atoms with van der Waals surface area (Å²) < 4.78 is 0. The maximum Gasteiger partial charge on any atom is 0.0103 e. The molecule has 0 amide bonds. The molecule has 0 bridgehead atoms. The molecule has 0 aliphatic rings. The largest absolute Gasteiger partial charge is 0.308 e. The van der Waals surface area contributed by atoms with Gasteiger partial charge in [0.05, 0.1) is 0 Å². The fraction of sp³-hybridized carbons (Fsp3) is 1.00. The van der Waals surface area contributed by atoms with Crippen molar-refractivity contribution in [3.05, 3.63) is 0 Å². The maximum atomic E-state index is 2.18. The SMILES string of the molecule is CN(C)CCN(C)C.[Co]. The number of hydrogen-bond acceptors (Lipinski definition) is 2. The van der Waals surface area contributed by atoms with Crippen LogP contribution in [0.1, 0.15) is 0 Å². The van der Waals surface area contributed by atoms with E-state index >= 15 is 0 Å². The van der Waals surface area contributed by atoms with Crippen LogP contribution in [0.3, 0.4) is 0 Å². The Kier molecular flexibility index (Phi) is 8.83. The first-order valence-electron chi connectivity index (χ1n) is 2.92. The van der Waals surface area contributed by atoms with E-state index in [1.807, 2.05) is 0 Å². The van der Waals surface area contributed by atoms with Gasteiger partial charge in [-0.25, -0.2) is 0 Å². The van der Waals surface area contributed by atoms with Crippen LogP contribution in [-0.4, -0.2) is 51.1 Å². The van der Waals surface area contributed by atoms with Crippen molar-refractivity contribution < 1.29 is 16.8 Å². The minimum atomic E-state index is 0. The van der Waals surface area contributed by atoms with Gasteiger partial charge in [-0.2, -0.15) is 0 Å². The van der Waals surface area contributed by atoms with Crippen LogP contribution in [0.2, 0.25) is 0 Å². The van der Waals surface area contributed by atoms with Gasteiger partial charge in [-0.05, 0) is 28.2 Å². The van der Waals surface area contributed by atoms with Gasteiger partial charge < -0.3 is 9.80 Å². The molecular weight excluding hydrogens is 159 g/mol. The van der Waals surface area contributed by atoms with E-state index in [4.69, 9.17) is 0 Å². The van der Waals surface area contributed by atoms with Crippen molar-refractivity contribution in [3.8, 4) is 0 Å². The Balaban J connectivity index is 0. The van der Waals surface area contributed by atoms with Crippen molar-refractivity contribution in [1.29, 1.82) is 0 Å². The van der Waals surface area contributed by atoms with E-state index in [0.29, 0.717) is 0 Å². The van der Waals surface area contributed by atoms with Gasteiger partial charge in [0.25, 0.3) is 0 Å². The fourth-order valence-corrected chi connectivity index (χ4v) is 0.400. The first-order chi connectivity index (χ1) is 3.63. The molecule has 3 heteroatoms. The third-order valence-corrected chi connectivity index (χ3v) is 0.994. The van der Waals surface area contributed by atoms with Crippen LogP contribution in [0.4, 0.5) is 0 Å². The molecule has 0 spiro atoms. The third kappa shape index (κ3) is 11.8. The summed E-state index contributed by atoms with van der Waals surface area (Å²) in [6, 6.07) is 0.